The summed E-state index contributed by atoms with van der Waals surface area (Å²) in [5.41, 5.74) is 1.52. The lowest BCUT2D eigenvalue weighted by atomic mass is 10.2. The van der Waals surface area contributed by atoms with Gasteiger partial charge < -0.3 is 4.74 Å². The van der Waals surface area contributed by atoms with Crippen molar-refractivity contribution in [3.05, 3.63) is 83.5 Å². The molecule has 0 aliphatic heterocycles. The largest absolute Gasteiger partial charge is 0.424 e. The molecule has 3 nitrogen and oxygen atoms in total. The molecule has 1 amide bonds. The summed E-state index contributed by atoms with van der Waals surface area (Å²) in [5, 5.41) is 0. The first-order valence-electron chi connectivity index (χ1n) is 7.31. The van der Waals surface area contributed by atoms with E-state index >= 15 is 0 Å². The van der Waals surface area contributed by atoms with Crippen LogP contribution < -0.4 is 9.64 Å². The quantitative estimate of drug-likeness (QED) is 0.287. The Labute approximate surface area is 187 Å². The molecule has 0 heterocycles. The molecule has 0 aliphatic carbocycles. The van der Waals surface area contributed by atoms with Crippen LogP contribution in [0.4, 0.5) is 16.2 Å². The predicted molar refractivity (Wildman–Crippen MR) is 126 cm³/mol. The Balaban J connectivity index is 1.94. The van der Waals surface area contributed by atoms with E-state index in [9.17, 15) is 4.79 Å². The Morgan fingerprint density at radius 2 is 1.00 bits per heavy atom. The third-order valence-corrected chi connectivity index (χ3v) is 5.53. The maximum Gasteiger partial charge on any atom is 0.424 e. The summed E-state index contributed by atoms with van der Waals surface area (Å²) in [6.07, 6.45) is -0.441. The molecule has 0 bridgehead atoms. The van der Waals surface area contributed by atoms with Gasteiger partial charge in [0.2, 0.25) is 0 Å². The lowest BCUT2D eigenvalue weighted by molar-refractivity contribution is 0.210. The number of amides is 1. The zero-order valence-electron chi connectivity index (χ0n) is 12.8. The SMILES string of the molecule is O=C(Oc1ccc(I)cc1)N(c1ccc(I)cc1)c1ccc(I)cc1. The summed E-state index contributed by atoms with van der Waals surface area (Å²) in [6, 6.07) is 22.9. The first-order chi connectivity index (χ1) is 12.0. The lowest BCUT2D eigenvalue weighted by Crippen LogP contribution is -2.29. The van der Waals surface area contributed by atoms with Gasteiger partial charge in [0.05, 0.1) is 11.4 Å². The van der Waals surface area contributed by atoms with Crippen LogP contribution in [0.3, 0.4) is 0 Å². The van der Waals surface area contributed by atoms with Gasteiger partial charge in [0.15, 0.2) is 0 Å². The van der Waals surface area contributed by atoms with Crippen LogP contribution in [-0.2, 0) is 0 Å². The number of hydrogen-bond donors (Lipinski definition) is 0. The fourth-order valence-corrected chi connectivity index (χ4v) is 3.27. The van der Waals surface area contributed by atoms with Crippen molar-refractivity contribution < 1.29 is 9.53 Å². The molecule has 3 rings (SSSR count). The molecule has 0 aliphatic rings. The van der Waals surface area contributed by atoms with Crippen LogP contribution >= 0.6 is 67.8 Å². The van der Waals surface area contributed by atoms with Crippen LogP contribution in [0.2, 0.25) is 0 Å². The number of anilines is 2. The summed E-state index contributed by atoms with van der Waals surface area (Å²) in [5.74, 6) is 0.520. The highest BCUT2D eigenvalue weighted by Gasteiger charge is 2.20. The van der Waals surface area contributed by atoms with E-state index in [1.807, 2.05) is 60.7 Å². The van der Waals surface area contributed by atoms with Crippen LogP contribution in [0.25, 0.3) is 0 Å². The van der Waals surface area contributed by atoms with E-state index in [0.29, 0.717) is 5.75 Å². The fourth-order valence-electron chi connectivity index (χ4n) is 2.19. The molecule has 3 aromatic rings. The van der Waals surface area contributed by atoms with Crippen molar-refractivity contribution in [1.29, 1.82) is 0 Å². The van der Waals surface area contributed by atoms with E-state index in [1.54, 1.807) is 17.0 Å². The first-order valence-corrected chi connectivity index (χ1v) is 10.6. The standard InChI is InChI=1S/C19H12I3NO2/c20-13-1-7-16(8-2-13)23(17-9-3-14(21)4-10-17)19(24)25-18-11-5-15(22)6-12-18/h1-12H. The van der Waals surface area contributed by atoms with E-state index in [0.717, 1.165) is 22.1 Å². The van der Waals surface area contributed by atoms with Crippen LogP contribution in [-0.4, -0.2) is 6.09 Å². The van der Waals surface area contributed by atoms with Crippen LogP contribution in [0, 0.1) is 10.7 Å². The van der Waals surface area contributed by atoms with E-state index in [-0.39, 0.29) is 0 Å². The summed E-state index contributed by atoms with van der Waals surface area (Å²) >= 11 is 6.70. The number of carbonyl (C=O) groups is 1. The van der Waals surface area contributed by atoms with Crippen LogP contribution in [0.5, 0.6) is 5.75 Å². The molecule has 3 aromatic carbocycles. The minimum absolute atomic E-state index is 0.441. The Kier molecular flexibility index (Phi) is 6.55. The monoisotopic (exact) mass is 667 g/mol. The van der Waals surface area contributed by atoms with Crippen LogP contribution in [0.1, 0.15) is 0 Å². The molecular formula is C19H12I3NO2. The molecule has 126 valence electrons. The Morgan fingerprint density at radius 1 is 0.640 bits per heavy atom. The summed E-state index contributed by atoms with van der Waals surface area (Å²) < 4.78 is 8.88. The second-order valence-electron chi connectivity index (χ2n) is 5.11. The highest BCUT2D eigenvalue weighted by atomic mass is 127. The highest BCUT2D eigenvalue weighted by molar-refractivity contribution is 14.1. The van der Waals surface area contributed by atoms with E-state index in [4.69, 9.17) is 4.74 Å². The Bertz CT molecular complexity index is 817. The third-order valence-electron chi connectivity index (χ3n) is 3.37. The smallest absolute Gasteiger partial charge is 0.410 e. The van der Waals surface area contributed by atoms with Gasteiger partial charge in [-0.3, -0.25) is 0 Å². The number of halogens is 3. The zero-order valence-corrected chi connectivity index (χ0v) is 19.3. The molecule has 0 unspecified atom stereocenters. The third kappa shape index (κ3) is 5.07. The fraction of sp³-hybridized carbons (Fsp3) is 0. The van der Waals surface area contributed by atoms with Crippen molar-refractivity contribution >= 4 is 85.2 Å². The van der Waals surface area contributed by atoms with Gasteiger partial charge in [0, 0.05) is 10.7 Å². The van der Waals surface area contributed by atoms with Gasteiger partial charge in [-0.05, 0) is 141 Å². The highest BCUT2D eigenvalue weighted by Crippen LogP contribution is 2.28. The van der Waals surface area contributed by atoms with Crippen molar-refractivity contribution in [3.63, 3.8) is 0 Å². The predicted octanol–water partition coefficient (Wildman–Crippen LogP) is 6.84. The number of carbonyl (C=O) groups excluding carboxylic acids is 1. The molecule has 0 saturated heterocycles. The maximum absolute atomic E-state index is 12.9. The van der Waals surface area contributed by atoms with E-state index < -0.39 is 6.09 Å². The molecule has 0 aromatic heterocycles. The van der Waals surface area contributed by atoms with Gasteiger partial charge in [-0.1, -0.05) is 0 Å². The Hall–Kier alpha value is -0.880. The van der Waals surface area contributed by atoms with Gasteiger partial charge in [0.1, 0.15) is 5.75 Å². The number of rotatable bonds is 3. The molecule has 0 radical (unpaired) electrons. The normalized spacial score (nSPS) is 10.4. The first kappa shape index (κ1) is 18.9. The minimum Gasteiger partial charge on any atom is -0.410 e. The molecule has 0 fully saturated rings. The van der Waals surface area contributed by atoms with Gasteiger partial charge in [-0.2, -0.15) is 0 Å². The number of benzene rings is 3. The lowest BCUT2D eigenvalue weighted by Gasteiger charge is -2.22. The van der Waals surface area contributed by atoms with Gasteiger partial charge in [-0.25, -0.2) is 9.69 Å². The molecule has 0 N–H and O–H groups in total. The summed E-state index contributed by atoms with van der Waals surface area (Å²) in [7, 11) is 0. The van der Waals surface area contributed by atoms with E-state index in [2.05, 4.69) is 67.8 Å². The molecule has 25 heavy (non-hydrogen) atoms. The number of nitrogens with zero attached hydrogens (tertiary/aromatic N) is 1. The van der Waals surface area contributed by atoms with Gasteiger partial charge >= 0.3 is 6.09 Å². The second-order valence-corrected chi connectivity index (χ2v) is 8.85. The average Bonchev–Trinajstić information content (AvgIpc) is 2.60. The van der Waals surface area contributed by atoms with Crippen molar-refractivity contribution in [2.75, 3.05) is 4.90 Å². The average molecular weight is 667 g/mol. The number of hydrogen-bond acceptors (Lipinski definition) is 2. The minimum atomic E-state index is -0.441. The van der Waals surface area contributed by atoms with Crippen molar-refractivity contribution in [3.8, 4) is 5.75 Å². The Morgan fingerprint density at radius 3 is 1.40 bits per heavy atom. The van der Waals surface area contributed by atoms with Crippen molar-refractivity contribution in [2.24, 2.45) is 0 Å². The second kappa shape index (κ2) is 8.67. The van der Waals surface area contributed by atoms with Crippen LogP contribution in [0.15, 0.2) is 72.8 Å². The summed E-state index contributed by atoms with van der Waals surface area (Å²) in [6.45, 7) is 0. The molecule has 6 heteroatoms. The molecule has 0 spiro atoms. The summed E-state index contributed by atoms with van der Waals surface area (Å²) in [4.78, 5) is 14.4. The van der Waals surface area contributed by atoms with E-state index in [1.165, 1.54) is 0 Å². The number of ether oxygens (including phenoxy) is 1. The maximum atomic E-state index is 12.9. The zero-order chi connectivity index (χ0) is 17.8. The molecular weight excluding hydrogens is 655 g/mol. The topological polar surface area (TPSA) is 29.5 Å². The van der Waals surface area contributed by atoms with Gasteiger partial charge in [-0.15, -0.1) is 0 Å². The van der Waals surface area contributed by atoms with Crippen molar-refractivity contribution in [2.45, 2.75) is 0 Å². The van der Waals surface area contributed by atoms with Crippen molar-refractivity contribution in [1.82, 2.24) is 0 Å². The van der Waals surface area contributed by atoms with Gasteiger partial charge in [0.25, 0.3) is 0 Å². The molecule has 0 saturated carbocycles. The molecule has 0 atom stereocenters.